The van der Waals surface area contributed by atoms with Gasteiger partial charge >= 0.3 is 6.03 Å². The van der Waals surface area contributed by atoms with Crippen LogP contribution in [0.3, 0.4) is 0 Å². The third kappa shape index (κ3) is 4.81. The van der Waals surface area contributed by atoms with E-state index >= 15 is 0 Å². The maximum absolute atomic E-state index is 12.0. The Morgan fingerprint density at radius 2 is 1.77 bits per heavy atom. The normalized spacial score (nSPS) is 10.1. The number of para-hydroxylation sites is 1. The maximum Gasteiger partial charge on any atom is 0.317 e. The predicted molar refractivity (Wildman–Crippen MR) is 88.0 cm³/mol. The van der Waals surface area contributed by atoms with E-state index in [9.17, 15) is 4.79 Å². The summed E-state index contributed by atoms with van der Waals surface area (Å²) in [6.07, 6.45) is 0. The van der Waals surface area contributed by atoms with E-state index in [0.717, 1.165) is 16.9 Å². The number of rotatable bonds is 6. The van der Waals surface area contributed by atoms with Crippen molar-refractivity contribution in [2.75, 3.05) is 20.2 Å². The summed E-state index contributed by atoms with van der Waals surface area (Å²) in [5.41, 5.74) is 2.18. The van der Waals surface area contributed by atoms with Crippen molar-refractivity contribution in [2.45, 2.75) is 13.5 Å². The van der Waals surface area contributed by atoms with Gasteiger partial charge in [-0.3, -0.25) is 0 Å². The Morgan fingerprint density at radius 1 is 1.09 bits per heavy atom. The zero-order chi connectivity index (χ0) is 15.8. The number of hydrogen-bond acceptors (Lipinski definition) is 2. The highest BCUT2D eigenvalue weighted by molar-refractivity contribution is 5.73. The maximum atomic E-state index is 12.0. The average Bonchev–Trinajstić information content (AvgIpc) is 2.55. The molecule has 0 saturated carbocycles. The molecule has 0 aromatic heterocycles. The number of likely N-dealkylation sites (N-methyl/N-ethyl adjacent to an activating group) is 1. The van der Waals surface area contributed by atoms with E-state index in [4.69, 9.17) is 4.74 Å². The Morgan fingerprint density at radius 3 is 2.50 bits per heavy atom. The SMILES string of the molecule is Cc1ccccc1OCCN(C)C(=O)NCc1ccccc1. The van der Waals surface area contributed by atoms with Crippen LogP contribution in [0.4, 0.5) is 4.79 Å². The molecule has 2 aromatic rings. The number of benzene rings is 2. The number of carbonyl (C=O) groups is 1. The smallest absolute Gasteiger partial charge is 0.317 e. The Bertz CT molecular complexity index is 599. The van der Waals surface area contributed by atoms with Crippen molar-refractivity contribution in [2.24, 2.45) is 0 Å². The van der Waals surface area contributed by atoms with Crippen LogP contribution in [-0.4, -0.2) is 31.1 Å². The molecule has 0 aliphatic heterocycles. The Kier molecular flexibility index (Phi) is 5.83. The molecule has 2 amide bonds. The van der Waals surface area contributed by atoms with Gasteiger partial charge in [-0.2, -0.15) is 0 Å². The summed E-state index contributed by atoms with van der Waals surface area (Å²) < 4.78 is 5.70. The number of hydrogen-bond donors (Lipinski definition) is 1. The molecule has 0 spiro atoms. The number of aryl methyl sites for hydroxylation is 1. The molecule has 1 N–H and O–H groups in total. The zero-order valence-electron chi connectivity index (χ0n) is 13.1. The fourth-order valence-corrected chi connectivity index (χ4v) is 2.02. The van der Waals surface area contributed by atoms with Gasteiger partial charge in [-0.15, -0.1) is 0 Å². The first kappa shape index (κ1) is 15.9. The molecule has 116 valence electrons. The van der Waals surface area contributed by atoms with Crippen LogP contribution in [0.2, 0.25) is 0 Å². The van der Waals surface area contributed by atoms with E-state index in [2.05, 4.69) is 5.32 Å². The highest BCUT2D eigenvalue weighted by Gasteiger charge is 2.08. The van der Waals surface area contributed by atoms with E-state index in [1.54, 1.807) is 11.9 Å². The quantitative estimate of drug-likeness (QED) is 0.889. The summed E-state index contributed by atoms with van der Waals surface area (Å²) in [7, 11) is 1.77. The third-order valence-corrected chi connectivity index (χ3v) is 3.41. The van der Waals surface area contributed by atoms with Crippen LogP contribution < -0.4 is 10.1 Å². The van der Waals surface area contributed by atoms with Gasteiger partial charge in [-0.25, -0.2) is 4.79 Å². The van der Waals surface area contributed by atoms with Gasteiger partial charge in [0.1, 0.15) is 12.4 Å². The summed E-state index contributed by atoms with van der Waals surface area (Å²) in [6.45, 7) is 3.54. The lowest BCUT2D eigenvalue weighted by atomic mass is 10.2. The molecule has 0 fully saturated rings. The van der Waals surface area contributed by atoms with Gasteiger partial charge in [0, 0.05) is 13.6 Å². The van der Waals surface area contributed by atoms with E-state index in [-0.39, 0.29) is 6.03 Å². The van der Waals surface area contributed by atoms with Crippen molar-refractivity contribution >= 4 is 6.03 Å². The molecule has 4 heteroatoms. The lowest BCUT2D eigenvalue weighted by Crippen LogP contribution is -2.39. The molecule has 0 aliphatic rings. The molecular formula is C18H22N2O2. The Balaban J connectivity index is 1.71. The van der Waals surface area contributed by atoms with Gasteiger partial charge in [0.25, 0.3) is 0 Å². The molecule has 0 saturated heterocycles. The van der Waals surface area contributed by atoms with Gasteiger partial charge in [0.05, 0.1) is 6.54 Å². The first-order valence-corrected chi connectivity index (χ1v) is 7.38. The second-order valence-corrected chi connectivity index (χ2v) is 5.18. The van der Waals surface area contributed by atoms with E-state index in [1.807, 2.05) is 61.5 Å². The fraction of sp³-hybridized carbons (Fsp3) is 0.278. The van der Waals surface area contributed by atoms with Crippen LogP contribution in [0.1, 0.15) is 11.1 Å². The molecule has 22 heavy (non-hydrogen) atoms. The molecule has 0 aliphatic carbocycles. The topological polar surface area (TPSA) is 41.6 Å². The third-order valence-electron chi connectivity index (χ3n) is 3.41. The van der Waals surface area contributed by atoms with Crippen molar-refractivity contribution in [1.82, 2.24) is 10.2 Å². The van der Waals surface area contributed by atoms with Crippen molar-refractivity contribution in [3.05, 3.63) is 65.7 Å². The molecule has 0 bridgehead atoms. The number of amides is 2. The number of carbonyl (C=O) groups excluding carboxylic acids is 1. The summed E-state index contributed by atoms with van der Waals surface area (Å²) >= 11 is 0. The highest BCUT2D eigenvalue weighted by Crippen LogP contribution is 2.15. The first-order chi connectivity index (χ1) is 10.7. The Hall–Kier alpha value is -2.49. The summed E-state index contributed by atoms with van der Waals surface area (Å²) in [4.78, 5) is 13.6. The van der Waals surface area contributed by atoms with Crippen molar-refractivity contribution in [3.63, 3.8) is 0 Å². The minimum absolute atomic E-state index is 0.0998. The van der Waals surface area contributed by atoms with Gasteiger partial charge in [-0.05, 0) is 24.1 Å². The largest absolute Gasteiger partial charge is 0.491 e. The van der Waals surface area contributed by atoms with Crippen LogP contribution in [0.25, 0.3) is 0 Å². The lowest BCUT2D eigenvalue weighted by Gasteiger charge is -2.18. The van der Waals surface area contributed by atoms with Crippen molar-refractivity contribution in [1.29, 1.82) is 0 Å². The highest BCUT2D eigenvalue weighted by atomic mass is 16.5. The second-order valence-electron chi connectivity index (χ2n) is 5.18. The minimum Gasteiger partial charge on any atom is -0.491 e. The second kappa shape index (κ2) is 8.08. The molecule has 0 atom stereocenters. The van der Waals surface area contributed by atoms with Crippen molar-refractivity contribution in [3.8, 4) is 5.75 Å². The van der Waals surface area contributed by atoms with Crippen LogP contribution in [0.5, 0.6) is 5.75 Å². The van der Waals surface area contributed by atoms with E-state index in [1.165, 1.54) is 0 Å². The Labute approximate surface area is 131 Å². The summed E-state index contributed by atoms with van der Waals surface area (Å²) in [6, 6.07) is 17.6. The lowest BCUT2D eigenvalue weighted by molar-refractivity contribution is 0.195. The average molecular weight is 298 g/mol. The zero-order valence-corrected chi connectivity index (χ0v) is 13.1. The van der Waals surface area contributed by atoms with Crippen LogP contribution in [-0.2, 0) is 6.54 Å². The molecule has 2 aromatic carbocycles. The molecule has 0 unspecified atom stereocenters. The van der Waals surface area contributed by atoms with Gasteiger partial charge in [-0.1, -0.05) is 48.5 Å². The molecular weight excluding hydrogens is 276 g/mol. The number of ether oxygens (including phenoxy) is 1. The minimum atomic E-state index is -0.0998. The fourth-order valence-electron chi connectivity index (χ4n) is 2.02. The van der Waals surface area contributed by atoms with Crippen LogP contribution in [0, 0.1) is 6.92 Å². The number of urea groups is 1. The predicted octanol–water partition coefficient (Wildman–Crippen LogP) is 3.22. The van der Waals surface area contributed by atoms with Gasteiger partial charge < -0.3 is 15.0 Å². The number of nitrogens with zero attached hydrogens (tertiary/aromatic N) is 1. The van der Waals surface area contributed by atoms with E-state index < -0.39 is 0 Å². The molecule has 4 nitrogen and oxygen atoms in total. The molecule has 0 radical (unpaired) electrons. The van der Waals surface area contributed by atoms with Gasteiger partial charge in [0.2, 0.25) is 0 Å². The summed E-state index contributed by atoms with van der Waals surface area (Å²) in [5, 5.41) is 2.89. The van der Waals surface area contributed by atoms with Crippen LogP contribution in [0.15, 0.2) is 54.6 Å². The standard InChI is InChI=1S/C18H22N2O2/c1-15-8-6-7-11-17(15)22-13-12-20(2)18(21)19-14-16-9-4-3-5-10-16/h3-11H,12-14H2,1-2H3,(H,19,21). The van der Waals surface area contributed by atoms with E-state index in [0.29, 0.717) is 19.7 Å². The van der Waals surface area contributed by atoms with Gasteiger partial charge in [0.15, 0.2) is 0 Å². The monoisotopic (exact) mass is 298 g/mol. The molecule has 0 heterocycles. The number of nitrogens with one attached hydrogen (secondary N) is 1. The molecule has 2 rings (SSSR count). The summed E-state index contributed by atoms with van der Waals surface area (Å²) in [5.74, 6) is 0.862. The first-order valence-electron chi connectivity index (χ1n) is 7.38. The van der Waals surface area contributed by atoms with Crippen LogP contribution >= 0.6 is 0 Å². The van der Waals surface area contributed by atoms with Crippen molar-refractivity contribution < 1.29 is 9.53 Å².